The van der Waals surface area contributed by atoms with Crippen LogP contribution in [0.25, 0.3) is 22.7 Å². The third-order valence-corrected chi connectivity index (χ3v) is 4.01. The smallest absolute Gasteiger partial charge is 0.412 e. The van der Waals surface area contributed by atoms with Crippen LogP contribution in [0.3, 0.4) is 0 Å². The fourth-order valence-corrected chi connectivity index (χ4v) is 2.72. The molecule has 0 atom stereocenters. The van der Waals surface area contributed by atoms with E-state index in [0.717, 1.165) is 17.6 Å². The van der Waals surface area contributed by atoms with Crippen molar-refractivity contribution in [3.05, 3.63) is 48.0 Å². The highest BCUT2D eigenvalue weighted by Gasteiger charge is 2.18. The number of nitrogens with one attached hydrogen (secondary N) is 1. The summed E-state index contributed by atoms with van der Waals surface area (Å²) in [6.07, 6.45) is 5.90. The molecule has 0 aliphatic heterocycles. The van der Waals surface area contributed by atoms with Crippen LogP contribution in [0.15, 0.2) is 36.7 Å². The summed E-state index contributed by atoms with van der Waals surface area (Å²) in [5.74, 6) is 0.0352. The van der Waals surface area contributed by atoms with Crippen molar-refractivity contribution in [3.63, 3.8) is 0 Å². The van der Waals surface area contributed by atoms with E-state index < -0.39 is 17.5 Å². The number of amides is 1. The van der Waals surface area contributed by atoms with Crippen LogP contribution in [0.5, 0.6) is 0 Å². The van der Waals surface area contributed by atoms with Gasteiger partial charge in [-0.25, -0.2) is 18.7 Å². The summed E-state index contributed by atoms with van der Waals surface area (Å²) in [5.41, 5.74) is 1.89. The van der Waals surface area contributed by atoms with Crippen LogP contribution in [0, 0.1) is 5.82 Å². The molecule has 1 aromatic carbocycles. The molecule has 2 heterocycles. The Morgan fingerprint density at radius 2 is 2.10 bits per heavy atom. The maximum absolute atomic E-state index is 14.4. The van der Waals surface area contributed by atoms with Crippen molar-refractivity contribution in [2.24, 2.45) is 0 Å². The highest BCUT2D eigenvalue weighted by Crippen LogP contribution is 2.25. The summed E-state index contributed by atoms with van der Waals surface area (Å²) in [7, 11) is 0. The highest BCUT2D eigenvalue weighted by molar-refractivity contribution is 5.86. The van der Waals surface area contributed by atoms with Gasteiger partial charge in [-0.2, -0.15) is 4.98 Å². The Kier molecular flexibility index (Phi) is 5.63. The second kappa shape index (κ2) is 7.98. The van der Waals surface area contributed by atoms with Crippen LogP contribution in [-0.4, -0.2) is 31.3 Å². The Morgan fingerprint density at radius 1 is 1.34 bits per heavy atom. The zero-order chi connectivity index (χ0) is 21.2. The standard InChI is InChI=1S/C21H24FN5O2/c1-6-7-13(2)14-11-23-19-25-18(26-27(19)12-14)16-10-15(8-9-17(16)22)24-20(28)29-21(3,4)5/h7-12H,6H2,1-5H3,(H,24,28)/b13-7+. The van der Waals surface area contributed by atoms with Gasteiger partial charge >= 0.3 is 6.09 Å². The number of rotatable bonds is 4. The quantitative estimate of drug-likeness (QED) is 0.663. The summed E-state index contributed by atoms with van der Waals surface area (Å²) in [6, 6.07) is 4.17. The van der Waals surface area contributed by atoms with Crippen LogP contribution in [0.2, 0.25) is 0 Å². The molecule has 0 radical (unpaired) electrons. The van der Waals surface area contributed by atoms with Gasteiger partial charge in [0.15, 0.2) is 5.82 Å². The van der Waals surface area contributed by atoms with Gasteiger partial charge in [0.1, 0.15) is 11.4 Å². The number of halogens is 1. The lowest BCUT2D eigenvalue weighted by molar-refractivity contribution is 0.0636. The normalized spacial score (nSPS) is 12.3. The lowest BCUT2D eigenvalue weighted by Gasteiger charge is -2.19. The van der Waals surface area contributed by atoms with Gasteiger partial charge in [-0.05, 0) is 57.9 Å². The first-order valence-electron chi connectivity index (χ1n) is 9.36. The maximum atomic E-state index is 14.4. The van der Waals surface area contributed by atoms with Crippen LogP contribution in [-0.2, 0) is 4.74 Å². The van der Waals surface area contributed by atoms with Crippen molar-refractivity contribution in [3.8, 4) is 11.4 Å². The van der Waals surface area contributed by atoms with Gasteiger partial charge in [-0.3, -0.25) is 5.32 Å². The molecule has 0 aliphatic carbocycles. The molecule has 0 bridgehead atoms. The number of carbonyl (C=O) groups is 1. The van der Waals surface area contributed by atoms with Crippen LogP contribution in [0.1, 0.15) is 46.6 Å². The molecule has 0 aliphatic rings. The van der Waals surface area contributed by atoms with Gasteiger partial charge in [0, 0.05) is 23.6 Å². The molecule has 3 rings (SSSR count). The van der Waals surface area contributed by atoms with E-state index in [-0.39, 0.29) is 11.4 Å². The summed E-state index contributed by atoms with van der Waals surface area (Å²) >= 11 is 0. The summed E-state index contributed by atoms with van der Waals surface area (Å²) in [5, 5.41) is 6.95. The zero-order valence-corrected chi connectivity index (χ0v) is 17.2. The molecular weight excluding hydrogens is 373 g/mol. The van der Waals surface area contributed by atoms with Gasteiger partial charge in [0.05, 0.1) is 5.56 Å². The monoisotopic (exact) mass is 397 g/mol. The van der Waals surface area contributed by atoms with E-state index in [9.17, 15) is 9.18 Å². The molecule has 0 spiro atoms. The molecule has 29 heavy (non-hydrogen) atoms. The minimum absolute atomic E-state index is 0.159. The molecule has 0 fully saturated rings. The molecule has 152 valence electrons. The van der Waals surface area contributed by atoms with E-state index in [2.05, 4.69) is 33.4 Å². The molecule has 0 saturated carbocycles. The van der Waals surface area contributed by atoms with Crippen molar-refractivity contribution < 1.29 is 13.9 Å². The predicted molar refractivity (Wildman–Crippen MR) is 110 cm³/mol. The lowest BCUT2D eigenvalue weighted by atomic mass is 10.1. The van der Waals surface area contributed by atoms with E-state index in [1.54, 1.807) is 33.2 Å². The molecule has 0 unspecified atom stereocenters. The predicted octanol–water partition coefficient (Wildman–Crippen LogP) is 5.09. The van der Waals surface area contributed by atoms with Gasteiger partial charge in [0.2, 0.25) is 0 Å². The summed E-state index contributed by atoms with van der Waals surface area (Å²) in [4.78, 5) is 20.6. The topological polar surface area (TPSA) is 81.4 Å². The average molecular weight is 397 g/mol. The number of nitrogens with zero attached hydrogens (tertiary/aromatic N) is 4. The number of fused-ring (bicyclic) bond motifs is 1. The van der Waals surface area contributed by atoms with E-state index in [4.69, 9.17) is 4.74 Å². The summed E-state index contributed by atoms with van der Waals surface area (Å²) in [6.45, 7) is 9.35. The number of allylic oxidation sites excluding steroid dienone is 2. The van der Waals surface area contributed by atoms with E-state index in [1.807, 2.05) is 6.92 Å². The van der Waals surface area contributed by atoms with E-state index in [0.29, 0.717) is 11.5 Å². The number of anilines is 1. The third kappa shape index (κ3) is 4.96. The highest BCUT2D eigenvalue weighted by atomic mass is 19.1. The fraction of sp³-hybridized carbons (Fsp3) is 0.333. The van der Waals surface area contributed by atoms with E-state index in [1.165, 1.54) is 22.7 Å². The second-order valence-corrected chi connectivity index (χ2v) is 7.64. The number of benzene rings is 1. The Morgan fingerprint density at radius 3 is 2.79 bits per heavy atom. The van der Waals surface area contributed by atoms with Crippen molar-refractivity contribution in [1.82, 2.24) is 19.6 Å². The van der Waals surface area contributed by atoms with Crippen molar-refractivity contribution >= 4 is 23.1 Å². The van der Waals surface area contributed by atoms with E-state index >= 15 is 0 Å². The average Bonchev–Trinajstić information content (AvgIpc) is 3.04. The van der Waals surface area contributed by atoms with Crippen LogP contribution in [0.4, 0.5) is 14.9 Å². The van der Waals surface area contributed by atoms with Crippen molar-refractivity contribution in [2.75, 3.05) is 5.32 Å². The molecule has 7 nitrogen and oxygen atoms in total. The zero-order valence-electron chi connectivity index (χ0n) is 17.2. The molecule has 0 saturated heterocycles. The van der Waals surface area contributed by atoms with Gasteiger partial charge in [-0.1, -0.05) is 13.0 Å². The van der Waals surface area contributed by atoms with Crippen LogP contribution >= 0.6 is 0 Å². The fourth-order valence-electron chi connectivity index (χ4n) is 2.72. The largest absolute Gasteiger partial charge is 0.444 e. The number of carbonyl (C=O) groups excluding carboxylic acids is 1. The van der Waals surface area contributed by atoms with Gasteiger partial charge < -0.3 is 4.74 Å². The molecule has 1 N–H and O–H groups in total. The Balaban J connectivity index is 1.92. The Hall–Kier alpha value is -3.29. The molecule has 3 aromatic rings. The van der Waals surface area contributed by atoms with Gasteiger partial charge in [0.25, 0.3) is 5.78 Å². The first-order chi connectivity index (χ1) is 13.7. The molecule has 1 amide bonds. The molecule has 8 heteroatoms. The van der Waals surface area contributed by atoms with Gasteiger partial charge in [-0.15, -0.1) is 5.10 Å². The molecule has 2 aromatic heterocycles. The first kappa shape index (κ1) is 20.4. The Labute approximate surface area is 168 Å². The Bertz CT molecular complexity index is 1080. The molecular formula is C21H24FN5O2. The lowest BCUT2D eigenvalue weighted by Crippen LogP contribution is -2.27. The number of aromatic nitrogens is 4. The summed E-state index contributed by atoms with van der Waals surface area (Å²) < 4.78 is 21.2. The maximum Gasteiger partial charge on any atom is 0.412 e. The SMILES string of the molecule is CC/C=C(\C)c1cnc2nc(-c3cc(NC(=O)OC(C)(C)C)ccc3F)nn2c1. The minimum Gasteiger partial charge on any atom is -0.444 e. The third-order valence-electron chi connectivity index (χ3n) is 4.01. The van der Waals surface area contributed by atoms with Crippen molar-refractivity contribution in [1.29, 1.82) is 0 Å². The second-order valence-electron chi connectivity index (χ2n) is 7.64. The number of ether oxygens (including phenoxy) is 1. The number of hydrogen-bond donors (Lipinski definition) is 1. The van der Waals surface area contributed by atoms with Crippen molar-refractivity contribution in [2.45, 2.75) is 46.6 Å². The minimum atomic E-state index is -0.635. The first-order valence-corrected chi connectivity index (χ1v) is 9.36. The number of hydrogen-bond acceptors (Lipinski definition) is 5. The van der Waals surface area contributed by atoms with Crippen LogP contribution < -0.4 is 5.32 Å².